The van der Waals surface area contributed by atoms with Gasteiger partial charge in [0, 0.05) is 13.6 Å². The van der Waals surface area contributed by atoms with Crippen molar-refractivity contribution in [1.82, 2.24) is 15.1 Å². The minimum atomic E-state index is -0.442. The molecular formula is C20H18FN3O4S. The van der Waals surface area contributed by atoms with Crippen molar-refractivity contribution in [2.75, 3.05) is 26.0 Å². The zero-order valence-corrected chi connectivity index (χ0v) is 16.4. The van der Waals surface area contributed by atoms with E-state index in [1.807, 2.05) is 18.2 Å². The van der Waals surface area contributed by atoms with Crippen LogP contribution in [-0.2, 0) is 11.3 Å². The van der Waals surface area contributed by atoms with E-state index in [4.69, 9.17) is 13.9 Å². The highest BCUT2D eigenvalue weighted by atomic mass is 32.2. The van der Waals surface area contributed by atoms with E-state index in [-0.39, 0.29) is 28.3 Å². The first-order valence-electron chi connectivity index (χ1n) is 8.94. The van der Waals surface area contributed by atoms with E-state index in [9.17, 15) is 9.18 Å². The lowest BCUT2D eigenvalue weighted by atomic mass is 10.2. The second-order valence-electron chi connectivity index (χ2n) is 6.37. The van der Waals surface area contributed by atoms with Gasteiger partial charge in [-0.15, -0.1) is 10.2 Å². The molecule has 1 aromatic heterocycles. The molecule has 4 rings (SSSR count). The van der Waals surface area contributed by atoms with Crippen molar-refractivity contribution in [2.45, 2.75) is 11.8 Å². The molecule has 0 fully saturated rings. The van der Waals surface area contributed by atoms with Gasteiger partial charge in [-0.2, -0.15) is 0 Å². The summed E-state index contributed by atoms with van der Waals surface area (Å²) >= 11 is 1.11. The highest BCUT2D eigenvalue weighted by Crippen LogP contribution is 2.31. The minimum absolute atomic E-state index is 0.0858. The predicted octanol–water partition coefficient (Wildman–Crippen LogP) is 3.40. The van der Waals surface area contributed by atoms with Gasteiger partial charge >= 0.3 is 0 Å². The molecule has 0 spiro atoms. The highest BCUT2D eigenvalue weighted by Gasteiger charge is 2.17. The van der Waals surface area contributed by atoms with Crippen LogP contribution in [0.15, 0.2) is 52.1 Å². The quantitative estimate of drug-likeness (QED) is 0.571. The molecule has 29 heavy (non-hydrogen) atoms. The molecule has 0 unspecified atom stereocenters. The monoisotopic (exact) mass is 415 g/mol. The van der Waals surface area contributed by atoms with E-state index in [1.165, 1.54) is 6.07 Å². The Morgan fingerprint density at radius 1 is 1.14 bits per heavy atom. The zero-order valence-electron chi connectivity index (χ0n) is 15.6. The Balaban J connectivity index is 1.33. The number of hydrogen-bond acceptors (Lipinski definition) is 7. The predicted molar refractivity (Wildman–Crippen MR) is 104 cm³/mol. The Morgan fingerprint density at radius 2 is 1.93 bits per heavy atom. The van der Waals surface area contributed by atoms with Crippen molar-refractivity contribution in [3.63, 3.8) is 0 Å². The van der Waals surface area contributed by atoms with Gasteiger partial charge in [0.05, 0.1) is 11.3 Å². The van der Waals surface area contributed by atoms with Crippen LogP contribution in [0.2, 0.25) is 0 Å². The van der Waals surface area contributed by atoms with Crippen LogP contribution in [0.3, 0.4) is 0 Å². The number of nitrogens with zero attached hydrogens (tertiary/aromatic N) is 3. The molecular weight excluding hydrogens is 397 g/mol. The Bertz CT molecular complexity index is 1030. The largest absolute Gasteiger partial charge is 0.486 e. The van der Waals surface area contributed by atoms with Crippen molar-refractivity contribution in [3.05, 3.63) is 53.8 Å². The van der Waals surface area contributed by atoms with Crippen LogP contribution in [0.5, 0.6) is 11.5 Å². The van der Waals surface area contributed by atoms with Crippen molar-refractivity contribution in [3.8, 4) is 23.0 Å². The fourth-order valence-corrected chi connectivity index (χ4v) is 3.50. The van der Waals surface area contributed by atoms with Crippen LogP contribution in [0, 0.1) is 5.82 Å². The molecule has 2 aromatic carbocycles. The van der Waals surface area contributed by atoms with Gasteiger partial charge in [0.2, 0.25) is 5.91 Å². The molecule has 0 aliphatic carbocycles. The van der Waals surface area contributed by atoms with Crippen LogP contribution in [-0.4, -0.2) is 47.0 Å². The maximum absolute atomic E-state index is 13.8. The molecule has 1 aliphatic rings. The molecule has 3 aromatic rings. The maximum Gasteiger partial charge on any atom is 0.277 e. The molecule has 150 valence electrons. The van der Waals surface area contributed by atoms with E-state index < -0.39 is 5.82 Å². The van der Waals surface area contributed by atoms with Gasteiger partial charge < -0.3 is 18.8 Å². The van der Waals surface area contributed by atoms with E-state index in [2.05, 4.69) is 10.2 Å². The molecule has 2 heterocycles. The number of fused-ring (bicyclic) bond motifs is 1. The fraction of sp³-hybridized carbons (Fsp3) is 0.250. The Hall–Kier alpha value is -3.07. The lowest BCUT2D eigenvalue weighted by Gasteiger charge is -2.21. The fourth-order valence-electron chi connectivity index (χ4n) is 2.79. The first-order chi connectivity index (χ1) is 14.1. The highest BCUT2D eigenvalue weighted by molar-refractivity contribution is 7.99. The number of aromatic nitrogens is 2. The van der Waals surface area contributed by atoms with Crippen molar-refractivity contribution in [2.24, 2.45) is 0 Å². The van der Waals surface area contributed by atoms with Gasteiger partial charge in [-0.25, -0.2) is 4.39 Å². The summed E-state index contributed by atoms with van der Waals surface area (Å²) in [4.78, 5) is 14.0. The third-order valence-corrected chi connectivity index (χ3v) is 5.09. The lowest BCUT2D eigenvalue weighted by Crippen LogP contribution is -2.27. The Labute approximate surface area is 170 Å². The number of amides is 1. The number of hydrogen-bond donors (Lipinski definition) is 0. The summed E-state index contributed by atoms with van der Waals surface area (Å²) in [6.07, 6.45) is 0. The molecule has 0 bridgehead atoms. The average Bonchev–Trinajstić information content (AvgIpc) is 3.21. The normalized spacial score (nSPS) is 12.6. The summed E-state index contributed by atoms with van der Waals surface area (Å²) < 4.78 is 30.3. The molecule has 1 aliphatic heterocycles. The lowest BCUT2D eigenvalue weighted by molar-refractivity contribution is -0.127. The molecule has 9 heteroatoms. The number of benzene rings is 2. The van der Waals surface area contributed by atoms with E-state index >= 15 is 0 Å². The number of carbonyl (C=O) groups is 1. The van der Waals surface area contributed by atoms with Gasteiger partial charge in [0.15, 0.2) is 11.5 Å². The first-order valence-corrected chi connectivity index (χ1v) is 9.92. The van der Waals surface area contributed by atoms with Gasteiger partial charge in [0.1, 0.15) is 19.0 Å². The summed E-state index contributed by atoms with van der Waals surface area (Å²) in [7, 11) is 1.72. The van der Waals surface area contributed by atoms with Gasteiger partial charge in [-0.1, -0.05) is 30.0 Å². The molecule has 0 radical (unpaired) electrons. The van der Waals surface area contributed by atoms with E-state index in [1.54, 1.807) is 30.1 Å². The van der Waals surface area contributed by atoms with Crippen LogP contribution < -0.4 is 9.47 Å². The van der Waals surface area contributed by atoms with Crippen LogP contribution >= 0.6 is 11.8 Å². The number of ether oxygens (including phenoxy) is 2. The third-order valence-electron chi connectivity index (χ3n) is 4.28. The molecule has 1 amide bonds. The van der Waals surface area contributed by atoms with Crippen LogP contribution in [0.4, 0.5) is 4.39 Å². The number of carbonyl (C=O) groups excluding carboxylic acids is 1. The second kappa shape index (κ2) is 8.52. The minimum Gasteiger partial charge on any atom is -0.486 e. The molecule has 0 saturated carbocycles. The summed E-state index contributed by atoms with van der Waals surface area (Å²) in [5.74, 6) is 1.07. The van der Waals surface area contributed by atoms with Crippen molar-refractivity contribution >= 4 is 17.7 Å². The molecule has 7 nitrogen and oxygen atoms in total. The van der Waals surface area contributed by atoms with Crippen LogP contribution in [0.1, 0.15) is 5.56 Å². The first kappa shape index (κ1) is 19.3. The number of rotatable bonds is 6. The Kier molecular flexibility index (Phi) is 5.66. The van der Waals surface area contributed by atoms with Crippen molar-refractivity contribution < 1.29 is 23.1 Å². The van der Waals surface area contributed by atoms with Crippen LogP contribution in [0.25, 0.3) is 11.5 Å². The van der Waals surface area contributed by atoms with Gasteiger partial charge in [-0.05, 0) is 29.8 Å². The van der Waals surface area contributed by atoms with Gasteiger partial charge in [0.25, 0.3) is 11.1 Å². The molecule has 0 saturated heterocycles. The smallest absolute Gasteiger partial charge is 0.277 e. The van der Waals surface area contributed by atoms with E-state index in [0.29, 0.717) is 31.3 Å². The van der Waals surface area contributed by atoms with Crippen molar-refractivity contribution in [1.29, 1.82) is 0 Å². The third kappa shape index (κ3) is 4.51. The number of thioether (sulfide) groups is 1. The Morgan fingerprint density at radius 3 is 2.76 bits per heavy atom. The summed E-state index contributed by atoms with van der Waals surface area (Å²) in [5, 5.41) is 7.94. The number of halogens is 1. The molecule has 0 N–H and O–H groups in total. The molecule has 0 atom stereocenters. The summed E-state index contributed by atoms with van der Waals surface area (Å²) in [6.45, 7) is 1.48. The van der Waals surface area contributed by atoms with E-state index in [0.717, 1.165) is 17.3 Å². The second-order valence-corrected chi connectivity index (χ2v) is 7.30. The summed E-state index contributed by atoms with van der Waals surface area (Å²) in [5.41, 5.74) is 1.17. The average molecular weight is 415 g/mol. The topological polar surface area (TPSA) is 77.7 Å². The standard InChI is InChI=1S/C20H18FN3O4S/c1-24(11-13-6-7-16-17(10-13)27-9-8-26-16)18(25)12-29-20-23-22-19(28-20)14-4-2-3-5-15(14)21/h2-7,10H,8-9,11-12H2,1H3. The summed E-state index contributed by atoms with van der Waals surface area (Å²) in [6, 6.07) is 11.8. The zero-order chi connectivity index (χ0) is 20.2. The SMILES string of the molecule is CN(Cc1ccc2c(c1)OCCO2)C(=O)CSc1nnc(-c2ccccc2F)o1. The van der Waals surface area contributed by atoms with Gasteiger partial charge in [-0.3, -0.25) is 4.79 Å². The maximum atomic E-state index is 13.8.